The number of unbranched alkanes of at least 4 members (excludes halogenated alkanes) is 2. The van der Waals surface area contributed by atoms with Gasteiger partial charge in [0.15, 0.2) is 0 Å². The highest BCUT2D eigenvalue weighted by Gasteiger charge is 2.35. The quantitative estimate of drug-likeness (QED) is 0.305. The normalized spacial score (nSPS) is 16.7. The van der Waals surface area contributed by atoms with Crippen LogP contribution in [0.25, 0.3) is 6.08 Å². The average Bonchev–Trinajstić information content (AvgIpc) is 3.75. The second-order valence-corrected chi connectivity index (χ2v) is 10.8. The van der Waals surface area contributed by atoms with Crippen LogP contribution in [-0.4, -0.2) is 47.8 Å². The molecule has 2 amide bonds. The molecule has 2 aliphatic rings. The minimum absolute atomic E-state index is 0.0695. The van der Waals surface area contributed by atoms with Crippen molar-refractivity contribution in [3.05, 3.63) is 76.3 Å². The Bertz CT molecular complexity index is 1020. The van der Waals surface area contributed by atoms with Gasteiger partial charge in [-0.2, -0.15) is 0 Å². The van der Waals surface area contributed by atoms with E-state index in [0.717, 1.165) is 64.7 Å². The Morgan fingerprint density at radius 1 is 0.972 bits per heavy atom. The largest absolute Gasteiger partial charge is 0.339 e. The van der Waals surface area contributed by atoms with Crippen LogP contribution in [0, 0.1) is 11.8 Å². The number of hydrogen-bond donors (Lipinski definition) is 0. The molecule has 0 atom stereocenters. The number of benzene rings is 2. The van der Waals surface area contributed by atoms with Gasteiger partial charge in [-0.15, -0.1) is 0 Å². The fourth-order valence-electron chi connectivity index (χ4n) is 5.06. The lowest BCUT2D eigenvalue weighted by molar-refractivity contribution is -0.133. The van der Waals surface area contributed by atoms with E-state index in [1.165, 1.54) is 24.0 Å². The molecule has 1 saturated heterocycles. The molecule has 0 unspecified atom stereocenters. The Kier molecular flexibility index (Phi) is 9.63. The van der Waals surface area contributed by atoms with Crippen molar-refractivity contribution in [2.24, 2.45) is 11.8 Å². The monoisotopic (exact) mass is 506 g/mol. The zero-order valence-corrected chi connectivity index (χ0v) is 22.3. The molecule has 1 aliphatic heterocycles. The molecular formula is C31H39ClN2O2. The maximum absolute atomic E-state index is 13.3. The summed E-state index contributed by atoms with van der Waals surface area (Å²) in [4.78, 5) is 30.3. The van der Waals surface area contributed by atoms with Gasteiger partial charge in [-0.05, 0) is 74.3 Å². The highest BCUT2D eigenvalue weighted by Crippen LogP contribution is 2.33. The number of carbonyl (C=O) groups excluding carboxylic acids is 2. The summed E-state index contributed by atoms with van der Waals surface area (Å²) in [5, 5.41) is 0.640. The van der Waals surface area contributed by atoms with Gasteiger partial charge in [-0.25, -0.2) is 0 Å². The maximum Gasteiger partial charge on any atom is 0.253 e. The van der Waals surface area contributed by atoms with E-state index in [0.29, 0.717) is 22.4 Å². The topological polar surface area (TPSA) is 40.6 Å². The molecule has 2 aromatic carbocycles. The Hall–Kier alpha value is -2.59. The van der Waals surface area contributed by atoms with Gasteiger partial charge in [-0.1, -0.05) is 73.3 Å². The zero-order valence-electron chi connectivity index (χ0n) is 21.5. The lowest BCUT2D eigenvalue weighted by Crippen LogP contribution is -2.43. The molecule has 4 nitrogen and oxygen atoms in total. The van der Waals surface area contributed by atoms with Gasteiger partial charge < -0.3 is 9.80 Å². The van der Waals surface area contributed by atoms with Crippen molar-refractivity contribution in [2.45, 2.75) is 58.3 Å². The summed E-state index contributed by atoms with van der Waals surface area (Å²) in [6, 6.07) is 17.6. The third kappa shape index (κ3) is 7.70. The molecule has 1 aliphatic carbocycles. The van der Waals surface area contributed by atoms with E-state index in [-0.39, 0.29) is 11.8 Å². The molecule has 0 radical (unpaired) electrons. The van der Waals surface area contributed by atoms with Crippen LogP contribution in [0.1, 0.15) is 74.2 Å². The Labute approximate surface area is 221 Å². The number of hydrogen-bond acceptors (Lipinski definition) is 2. The summed E-state index contributed by atoms with van der Waals surface area (Å²) in [7, 11) is 0. The second kappa shape index (κ2) is 13.1. The molecule has 2 fully saturated rings. The van der Waals surface area contributed by atoms with E-state index in [2.05, 4.69) is 42.2 Å². The van der Waals surface area contributed by atoms with Crippen LogP contribution in [-0.2, 0) is 4.79 Å². The summed E-state index contributed by atoms with van der Waals surface area (Å²) in [6.07, 6.45) is 10.8. The molecule has 0 aromatic heterocycles. The van der Waals surface area contributed by atoms with Crippen LogP contribution in [0.5, 0.6) is 0 Å². The number of halogens is 1. The molecule has 0 spiro atoms. The van der Waals surface area contributed by atoms with Crippen molar-refractivity contribution in [3.8, 4) is 0 Å². The standard InChI is InChI=1S/C31H39ClN2O2/c1-2-3-5-10-26(21-24-8-6-4-7-9-24)23-34(31(36)27-11-12-27)22-25-17-19-33(20-18-25)30(35)28-13-15-29(32)16-14-28/h4,6-9,13-16,21,25,27H,2-3,5,10-12,17-20,22-23H2,1H3/b26-21+. The van der Waals surface area contributed by atoms with Crippen LogP contribution < -0.4 is 0 Å². The van der Waals surface area contributed by atoms with E-state index in [1.54, 1.807) is 24.3 Å². The molecule has 36 heavy (non-hydrogen) atoms. The predicted molar refractivity (Wildman–Crippen MR) is 148 cm³/mol. The highest BCUT2D eigenvalue weighted by molar-refractivity contribution is 6.30. The number of carbonyl (C=O) groups is 2. The summed E-state index contributed by atoms with van der Waals surface area (Å²) >= 11 is 5.98. The fourth-order valence-corrected chi connectivity index (χ4v) is 5.18. The second-order valence-electron chi connectivity index (χ2n) is 10.4. The summed E-state index contributed by atoms with van der Waals surface area (Å²) in [6.45, 7) is 5.21. The number of rotatable bonds is 11. The molecule has 1 saturated carbocycles. The smallest absolute Gasteiger partial charge is 0.253 e. The first-order chi connectivity index (χ1) is 17.5. The number of amides is 2. The molecular weight excluding hydrogens is 468 g/mol. The number of nitrogens with zero attached hydrogens (tertiary/aromatic N) is 2. The fraction of sp³-hybridized carbons (Fsp3) is 0.484. The number of piperidine rings is 1. The first-order valence-electron chi connectivity index (χ1n) is 13.6. The lowest BCUT2D eigenvalue weighted by Gasteiger charge is -2.35. The minimum Gasteiger partial charge on any atom is -0.339 e. The Morgan fingerprint density at radius 3 is 2.31 bits per heavy atom. The van der Waals surface area contributed by atoms with E-state index >= 15 is 0 Å². The molecule has 0 bridgehead atoms. The van der Waals surface area contributed by atoms with Crippen LogP contribution in [0.2, 0.25) is 5.02 Å². The lowest BCUT2D eigenvalue weighted by atomic mass is 9.94. The van der Waals surface area contributed by atoms with E-state index in [4.69, 9.17) is 11.6 Å². The van der Waals surface area contributed by atoms with E-state index in [9.17, 15) is 9.59 Å². The summed E-state index contributed by atoms with van der Waals surface area (Å²) in [5.41, 5.74) is 3.24. The highest BCUT2D eigenvalue weighted by atomic mass is 35.5. The van der Waals surface area contributed by atoms with Gasteiger partial charge in [0.05, 0.1) is 0 Å². The third-order valence-electron chi connectivity index (χ3n) is 7.38. The minimum atomic E-state index is 0.0695. The maximum atomic E-state index is 13.3. The van der Waals surface area contributed by atoms with E-state index in [1.807, 2.05) is 11.0 Å². The van der Waals surface area contributed by atoms with Gasteiger partial charge in [-0.3, -0.25) is 9.59 Å². The van der Waals surface area contributed by atoms with Gasteiger partial charge in [0, 0.05) is 42.7 Å². The summed E-state index contributed by atoms with van der Waals surface area (Å²) < 4.78 is 0. The van der Waals surface area contributed by atoms with Crippen LogP contribution in [0.3, 0.4) is 0 Å². The first kappa shape index (κ1) is 26.5. The van der Waals surface area contributed by atoms with Crippen molar-refractivity contribution in [1.29, 1.82) is 0 Å². The zero-order chi connectivity index (χ0) is 25.3. The van der Waals surface area contributed by atoms with Crippen molar-refractivity contribution in [2.75, 3.05) is 26.2 Å². The van der Waals surface area contributed by atoms with Crippen LogP contribution in [0.15, 0.2) is 60.2 Å². The SMILES string of the molecule is CCCCC/C(=C\c1ccccc1)CN(CC1CCN(C(=O)c2ccc(Cl)cc2)CC1)C(=O)C1CC1. The van der Waals surface area contributed by atoms with Crippen LogP contribution in [0.4, 0.5) is 0 Å². The first-order valence-corrected chi connectivity index (χ1v) is 14.0. The molecule has 5 heteroatoms. The van der Waals surface area contributed by atoms with Crippen molar-refractivity contribution >= 4 is 29.5 Å². The van der Waals surface area contributed by atoms with E-state index < -0.39 is 0 Å². The molecule has 0 N–H and O–H groups in total. The molecule has 192 valence electrons. The Morgan fingerprint density at radius 2 is 1.67 bits per heavy atom. The van der Waals surface area contributed by atoms with Crippen LogP contribution >= 0.6 is 11.6 Å². The van der Waals surface area contributed by atoms with Crippen molar-refractivity contribution in [1.82, 2.24) is 9.80 Å². The Balaban J connectivity index is 1.39. The average molecular weight is 507 g/mol. The van der Waals surface area contributed by atoms with Gasteiger partial charge >= 0.3 is 0 Å². The number of likely N-dealkylation sites (tertiary alicyclic amines) is 1. The predicted octanol–water partition coefficient (Wildman–Crippen LogP) is 7.09. The molecule has 1 heterocycles. The van der Waals surface area contributed by atoms with Gasteiger partial charge in [0.25, 0.3) is 5.91 Å². The third-order valence-corrected chi connectivity index (χ3v) is 7.63. The summed E-state index contributed by atoms with van der Waals surface area (Å²) in [5.74, 6) is 1.03. The van der Waals surface area contributed by atoms with Crippen molar-refractivity contribution in [3.63, 3.8) is 0 Å². The molecule has 4 rings (SSSR count). The molecule has 2 aromatic rings. The van der Waals surface area contributed by atoms with Gasteiger partial charge in [0.2, 0.25) is 5.91 Å². The van der Waals surface area contributed by atoms with Gasteiger partial charge in [0.1, 0.15) is 0 Å². The van der Waals surface area contributed by atoms with Crippen molar-refractivity contribution < 1.29 is 9.59 Å².